The average Bonchev–Trinajstić information content (AvgIpc) is 2.14. The summed E-state index contributed by atoms with van der Waals surface area (Å²) in [5.41, 5.74) is 0. The third-order valence-corrected chi connectivity index (χ3v) is 2.87. The molecule has 0 N–H and O–H groups in total. The Balaban J connectivity index is 2.38. The van der Waals surface area contributed by atoms with Crippen LogP contribution in [-0.4, -0.2) is 42.5 Å². The average molecular weight is 199 g/mol. The normalized spacial score (nSPS) is 26.5. The lowest BCUT2D eigenvalue weighted by Crippen LogP contribution is -2.47. The number of piperidine rings is 1. The second kappa shape index (κ2) is 5.47. The molecule has 1 rings (SSSR count). The summed E-state index contributed by atoms with van der Waals surface area (Å²) in [7, 11) is 0. The summed E-state index contributed by atoms with van der Waals surface area (Å²) in [6, 6.07) is 0.810. The fourth-order valence-corrected chi connectivity index (χ4v) is 2.06. The number of hydrogen-bond donors (Lipinski definition) is 0. The van der Waals surface area contributed by atoms with Gasteiger partial charge in [0.2, 0.25) is 0 Å². The second-order valence-corrected chi connectivity index (χ2v) is 4.09. The van der Waals surface area contributed by atoms with Crippen LogP contribution in [0.1, 0.15) is 33.6 Å². The fraction of sp³-hybridized carbons (Fsp3) is 0.909. The minimum absolute atomic E-state index is 0.381. The van der Waals surface area contributed by atoms with E-state index in [0.29, 0.717) is 30.7 Å². The van der Waals surface area contributed by atoms with E-state index in [9.17, 15) is 4.79 Å². The molecule has 82 valence electrons. The molecule has 0 aromatic carbocycles. The van der Waals surface area contributed by atoms with Gasteiger partial charge in [0, 0.05) is 38.1 Å². The molecule has 1 aliphatic rings. The first-order valence-electron chi connectivity index (χ1n) is 5.50. The molecule has 1 aliphatic heterocycles. The lowest BCUT2D eigenvalue weighted by Gasteiger charge is -2.37. The van der Waals surface area contributed by atoms with E-state index in [2.05, 4.69) is 18.7 Å². The third kappa shape index (κ3) is 3.07. The van der Waals surface area contributed by atoms with Gasteiger partial charge in [-0.2, -0.15) is 0 Å². The number of rotatable bonds is 4. The highest BCUT2D eigenvalue weighted by atomic mass is 16.5. The van der Waals surface area contributed by atoms with Gasteiger partial charge in [0.25, 0.3) is 0 Å². The number of hydrogen-bond acceptors (Lipinski definition) is 3. The van der Waals surface area contributed by atoms with Crippen molar-refractivity contribution >= 4 is 5.78 Å². The monoisotopic (exact) mass is 199 g/mol. The smallest absolute Gasteiger partial charge is 0.135 e. The van der Waals surface area contributed by atoms with E-state index >= 15 is 0 Å². The zero-order valence-electron chi connectivity index (χ0n) is 9.45. The van der Waals surface area contributed by atoms with Crippen molar-refractivity contribution in [2.75, 3.05) is 19.8 Å². The topological polar surface area (TPSA) is 29.5 Å². The third-order valence-electron chi connectivity index (χ3n) is 2.87. The number of ketones is 1. The van der Waals surface area contributed by atoms with Gasteiger partial charge in [-0.25, -0.2) is 0 Å². The molecule has 0 radical (unpaired) electrons. The van der Waals surface area contributed by atoms with E-state index in [0.717, 1.165) is 19.8 Å². The SMILES string of the molecule is CCOCC(C)N1CCC(=O)CC1C. The molecule has 1 fully saturated rings. The van der Waals surface area contributed by atoms with Crippen molar-refractivity contribution in [2.45, 2.75) is 45.7 Å². The molecule has 3 nitrogen and oxygen atoms in total. The molecule has 0 saturated carbocycles. The summed E-state index contributed by atoms with van der Waals surface area (Å²) >= 11 is 0. The highest BCUT2D eigenvalue weighted by molar-refractivity contribution is 5.79. The van der Waals surface area contributed by atoms with Crippen molar-refractivity contribution in [1.82, 2.24) is 4.90 Å². The van der Waals surface area contributed by atoms with Gasteiger partial charge in [-0.05, 0) is 20.8 Å². The molecule has 1 saturated heterocycles. The van der Waals surface area contributed by atoms with E-state index < -0.39 is 0 Å². The maximum Gasteiger partial charge on any atom is 0.135 e. The number of ether oxygens (including phenoxy) is 1. The van der Waals surface area contributed by atoms with Crippen LogP contribution in [0.25, 0.3) is 0 Å². The van der Waals surface area contributed by atoms with Gasteiger partial charge in [0.1, 0.15) is 5.78 Å². The molecule has 1 heterocycles. The lowest BCUT2D eigenvalue weighted by molar-refractivity contribution is -0.123. The van der Waals surface area contributed by atoms with Crippen LogP contribution >= 0.6 is 0 Å². The van der Waals surface area contributed by atoms with Crippen molar-refractivity contribution in [1.29, 1.82) is 0 Å². The molecular formula is C11H21NO2. The molecule has 0 amide bonds. The maximum absolute atomic E-state index is 11.2. The summed E-state index contributed by atoms with van der Waals surface area (Å²) in [6.45, 7) is 8.74. The first-order valence-corrected chi connectivity index (χ1v) is 5.50. The summed E-state index contributed by atoms with van der Waals surface area (Å²) in [5.74, 6) is 0.400. The number of likely N-dealkylation sites (tertiary alicyclic amines) is 1. The van der Waals surface area contributed by atoms with Gasteiger partial charge in [-0.15, -0.1) is 0 Å². The van der Waals surface area contributed by atoms with E-state index in [1.807, 2.05) is 6.92 Å². The first kappa shape index (κ1) is 11.7. The van der Waals surface area contributed by atoms with E-state index in [1.165, 1.54) is 0 Å². The fourth-order valence-electron chi connectivity index (χ4n) is 2.06. The molecule has 0 aliphatic carbocycles. The molecule has 3 heteroatoms. The molecule has 0 aromatic rings. The van der Waals surface area contributed by atoms with Crippen LogP contribution in [0.4, 0.5) is 0 Å². The Morgan fingerprint density at radius 1 is 1.64 bits per heavy atom. The Morgan fingerprint density at radius 2 is 2.36 bits per heavy atom. The Labute approximate surface area is 86.4 Å². The largest absolute Gasteiger partial charge is 0.380 e. The van der Waals surface area contributed by atoms with Crippen molar-refractivity contribution in [3.8, 4) is 0 Å². The summed E-state index contributed by atoms with van der Waals surface area (Å²) in [5, 5.41) is 0. The molecule has 2 unspecified atom stereocenters. The minimum atomic E-state index is 0.381. The van der Waals surface area contributed by atoms with E-state index in [-0.39, 0.29) is 0 Å². The van der Waals surface area contributed by atoms with Crippen molar-refractivity contribution in [2.24, 2.45) is 0 Å². The van der Waals surface area contributed by atoms with Crippen molar-refractivity contribution in [3.63, 3.8) is 0 Å². The molecule has 0 bridgehead atoms. The predicted octanol–water partition coefficient (Wildman–Crippen LogP) is 1.46. The standard InChI is InChI=1S/C11H21NO2/c1-4-14-8-10(3)12-6-5-11(13)7-9(12)2/h9-10H,4-8H2,1-3H3. The summed E-state index contributed by atoms with van der Waals surface area (Å²) in [6.07, 6.45) is 1.41. The van der Waals surface area contributed by atoms with Gasteiger partial charge >= 0.3 is 0 Å². The second-order valence-electron chi connectivity index (χ2n) is 4.09. The van der Waals surface area contributed by atoms with Crippen molar-refractivity contribution in [3.05, 3.63) is 0 Å². The van der Waals surface area contributed by atoms with Gasteiger partial charge in [-0.3, -0.25) is 9.69 Å². The first-order chi connectivity index (χ1) is 6.65. The highest BCUT2D eigenvalue weighted by Crippen LogP contribution is 2.16. The van der Waals surface area contributed by atoms with Gasteiger partial charge in [0.05, 0.1) is 6.61 Å². The van der Waals surface area contributed by atoms with Crippen LogP contribution in [0.2, 0.25) is 0 Å². The number of carbonyl (C=O) groups excluding carboxylic acids is 1. The van der Waals surface area contributed by atoms with Crippen LogP contribution in [-0.2, 0) is 9.53 Å². The molecule has 2 atom stereocenters. The van der Waals surface area contributed by atoms with Crippen LogP contribution in [0.3, 0.4) is 0 Å². The Hall–Kier alpha value is -0.410. The number of carbonyl (C=O) groups is 1. The molecule has 0 spiro atoms. The maximum atomic E-state index is 11.2. The van der Waals surface area contributed by atoms with Crippen LogP contribution in [0.5, 0.6) is 0 Å². The van der Waals surface area contributed by atoms with Gasteiger partial charge in [-0.1, -0.05) is 0 Å². The number of Topliss-reactive ketones (excluding diaryl/α,β-unsaturated/α-hetero) is 1. The molecule has 14 heavy (non-hydrogen) atoms. The number of nitrogens with zero attached hydrogens (tertiary/aromatic N) is 1. The van der Waals surface area contributed by atoms with E-state index in [1.54, 1.807) is 0 Å². The summed E-state index contributed by atoms with van der Waals surface area (Å²) in [4.78, 5) is 13.6. The zero-order chi connectivity index (χ0) is 10.6. The van der Waals surface area contributed by atoms with Gasteiger partial charge in [0.15, 0.2) is 0 Å². The Bertz CT molecular complexity index is 194. The molecular weight excluding hydrogens is 178 g/mol. The van der Waals surface area contributed by atoms with Gasteiger partial charge < -0.3 is 4.74 Å². The van der Waals surface area contributed by atoms with Crippen molar-refractivity contribution < 1.29 is 9.53 Å². The van der Waals surface area contributed by atoms with Crippen LogP contribution in [0, 0.1) is 0 Å². The minimum Gasteiger partial charge on any atom is -0.380 e. The van der Waals surface area contributed by atoms with Crippen LogP contribution < -0.4 is 0 Å². The zero-order valence-corrected chi connectivity index (χ0v) is 9.45. The molecule has 0 aromatic heterocycles. The Kier molecular flexibility index (Phi) is 4.55. The summed E-state index contributed by atoms with van der Waals surface area (Å²) < 4.78 is 5.40. The van der Waals surface area contributed by atoms with Crippen LogP contribution in [0.15, 0.2) is 0 Å². The Morgan fingerprint density at radius 3 is 2.93 bits per heavy atom. The predicted molar refractivity (Wildman–Crippen MR) is 56.4 cm³/mol. The highest BCUT2D eigenvalue weighted by Gasteiger charge is 2.26. The van der Waals surface area contributed by atoms with E-state index in [4.69, 9.17) is 4.74 Å². The quantitative estimate of drug-likeness (QED) is 0.686. The lowest BCUT2D eigenvalue weighted by atomic mass is 10.0.